The summed E-state index contributed by atoms with van der Waals surface area (Å²) in [7, 11) is 4.21. The number of aromatic amines is 1. The molecule has 1 aromatic heterocycles. The van der Waals surface area contributed by atoms with Gasteiger partial charge in [-0.2, -0.15) is 4.68 Å². The van der Waals surface area contributed by atoms with Crippen molar-refractivity contribution < 1.29 is 38.4 Å². The van der Waals surface area contributed by atoms with Crippen molar-refractivity contribution in [1.29, 1.82) is 0 Å². The first-order valence-corrected chi connectivity index (χ1v) is 16.6. The Bertz CT molecular complexity index is 1600. The fraction of sp³-hybridized carbons (Fsp3) is 0.514. The van der Waals surface area contributed by atoms with Crippen molar-refractivity contribution in [3.05, 3.63) is 65.7 Å². The Labute approximate surface area is 298 Å². The number of aliphatic hydroxyl groups excluding tert-OH is 1. The van der Waals surface area contributed by atoms with E-state index < -0.39 is 59.1 Å². The fourth-order valence-corrected chi connectivity index (χ4v) is 5.33. The highest BCUT2D eigenvalue weighted by Gasteiger charge is 2.37. The Morgan fingerprint density at radius 1 is 0.824 bits per heavy atom. The third-order valence-electron chi connectivity index (χ3n) is 8.16. The highest BCUT2D eigenvalue weighted by atomic mass is 16.5. The minimum absolute atomic E-state index is 0.136. The third kappa shape index (κ3) is 12.0. The molecule has 278 valence electrons. The molecule has 3 rings (SSSR count). The number of nitrogens with one attached hydrogen (secondary N) is 5. The van der Waals surface area contributed by atoms with Crippen LogP contribution in [0.1, 0.15) is 52.7 Å². The van der Waals surface area contributed by atoms with Gasteiger partial charge in [-0.3, -0.25) is 15.0 Å². The molecule has 0 unspecified atom stereocenters. The maximum atomic E-state index is 13.8. The van der Waals surface area contributed by atoms with Crippen molar-refractivity contribution >= 4 is 24.0 Å². The molecule has 0 fully saturated rings. The van der Waals surface area contributed by atoms with Gasteiger partial charge in [0.2, 0.25) is 5.91 Å². The Morgan fingerprint density at radius 2 is 1.37 bits per heavy atom. The minimum atomic E-state index is -1.23. The van der Waals surface area contributed by atoms with E-state index in [2.05, 4.69) is 36.9 Å². The Morgan fingerprint density at radius 3 is 1.86 bits per heavy atom. The number of carbonyl (C=O) groups excluding carboxylic acids is 4. The van der Waals surface area contributed by atoms with Gasteiger partial charge < -0.3 is 30.5 Å². The number of ether oxygens (including phenoxy) is 2. The number of benzene rings is 2. The lowest BCUT2D eigenvalue weighted by molar-refractivity contribution is -0.721. The number of H-pyrrole nitrogens is 1. The number of carbonyl (C=O) groups is 4. The molecule has 0 bridgehead atoms. The van der Waals surface area contributed by atoms with Crippen LogP contribution < -0.4 is 26.1 Å². The number of amides is 4. The van der Waals surface area contributed by atoms with Gasteiger partial charge in [0.15, 0.2) is 5.21 Å². The zero-order valence-corrected chi connectivity index (χ0v) is 30.8. The molecule has 51 heavy (non-hydrogen) atoms. The highest BCUT2D eigenvalue weighted by Crippen LogP contribution is 2.22. The number of tetrazole rings is 1. The summed E-state index contributed by atoms with van der Waals surface area (Å²) in [5.74, 6) is -0.431. The zero-order chi connectivity index (χ0) is 37.9. The van der Waals surface area contributed by atoms with Crippen molar-refractivity contribution in [3.63, 3.8) is 0 Å². The number of hydrogen-bond acceptors (Lipinski definition) is 10. The van der Waals surface area contributed by atoms with Crippen LogP contribution >= 0.6 is 0 Å². The van der Waals surface area contributed by atoms with Gasteiger partial charge in [-0.15, -0.1) is 0 Å². The number of aromatic nitrogens is 4. The van der Waals surface area contributed by atoms with E-state index in [1.165, 1.54) is 19.2 Å². The molecule has 0 radical (unpaired) electrons. The van der Waals surface area contributed by atoms with Crippen LogP contribution in [0.4, 0.5) is 9.59 Å². The predicted octanol–water partition coefficient (Wildman–Crippen LogP) is 1.76. The van der Waals surface area contributed by atoms with Gasteiger partial charge in [-0.1, -0.05) is 89.2 Å². The summed E-state index contributed by atoms with van der Waals surface area (Å²) in [5, 5.41) is 32.2. The van der Waals surface area contributed by atoms with E-state index in [1.807, 2.05) is 54.6 Å². The third-order valence-corrected chi connectivity index (χ3v) is 8.16. The maximum absolute atomic E-state index is 13.8. The predicted molar refractivity (Wildman–Crippen MR) is 187 cm³/mol. The van der Waals surface area contributed by atoms with Gasteiger partial charge in [0.25, 0.3) is 5.91 Å². The molecule has 4 atom stereocenters. The first-order chi connectivity index (χ1) is 23.9. The summed E-state index contributed by atoms with van der Waals surface area (Å²) in [6, 6.07) is 13.9. The number of aryl methyl sites for hydroxylation is 1. The average molecular weight is 711 g/mol. The average Bonchev–Trinajstić information content (AvgIpc) is 3.50. The van der Waals surface area contributed by atoms with E-state index in [4.69, 9.17) is 9.47 Å². The second-order valence-electron chi connectivity index (χ2n) is 14.5. The minimum Gasteiger partial charge on any atom is -0.453 e. The number of hydrogen-bond donors (Lipinski definition) is 6. The van der Waals surface area contributed by atoms with Crippen LogP contribution in [-0.4, -0.2) is 94.6 Å². The second-order valence-corrected chi connectivity index (χ2v) is 14.5. The fourth-order valence-electron chi connectivity index (χ4n) is 5.33. The van der Waals surface area contributed by atoms with Crippen LogP contribution in [0.2, 0.25) is 0 Å². The van der Waals surface area contributed by atoms with Crippen LogP contribution in [0.15, 0.2) is 54.6 Å². The van der Waals surface area contributed by atoms with E-state index in [-0.39, 0.29) is 19.5 Å². The normalized spacial score (nSPS) is 14.1. The second kappa shape index (κ2) is 17.7. The SMILES string of the molecule is COC(=O)N[C@H](C(=O)N[C@@H](Cc1ccccc1)[C@@H](O)CN(Cc1ccc(-c2nn[nH][n+]2C)cc1)NC(=O)[C@@H](NC(=O)OC)C(C)(C)C)C(C)(C)C. The molecule has 0 aliphatic rings. The van der Waals surface area contributed by atoms with Gasteiger partial charge in [0, 0.05) is 13.1 Å². The summed E-state index contributed by atoms with van der Waals surface area (Å²) in [5.41, 5.74) is 3.90. The molecule has 0 saturated carbocycles. The summed E-state index contributed by atoms with van der Waals surface area (Å²) < 4.78 is 11.2. The standard InChI is InChI=1S/C35H51N9O7/c1-34(2,3)27(37-32(48)50-8)30(46)36-25(19-22-13-11-10-12-14-22)26(45)21-44(40-31(47)28(35(4,5)6)38-33(49)51-9)20-23-15-17-24(18-16-23)29-39-41-42-43(29)7/h10-18,25-28,45H,19-21H2,1-9H3,(H4,36,37,38,40,46,47,48,49)/p+1/t25-,26-,27+,28+/m0/s1. The molecule has 16 heteroatoms. The van der Waals surface area contributed by atoms with Crippen molar-refractivity contribution in [2.45, 2.75) is 78.7 Å². The molecule has 16 nitrogen and oxygen atoms in total. The summed E-state index contributed by atoms with van der Waals surface area (Å²) >= 11 is 0. The van der Waals surface area contributed by atoms with Crippen molar-refractivity contribution in [2.24, 2.45) is 17.9 Å². The lowest BCUT2D eigenvalue weighted by atomic mass is 9.85. The lowest BCUT2D eigenvalue weighted by Crippen LogP contribution is -2.60. The number of rotatable bonds is 14. The number of alkyl carbamates (subject to hydrolysis) is 2. The molecule has 6 N–H and O–H groups in total. The summed E-state index contributed by atoms with van der Waals surface area (Å²) in [4.78, 5) is 51.9. The molecule has 3 aromatic rings. The topological polar surface area (TPSA) is 204 Å². The first kappa shape index (κ1) is 40.3. The van der Waals surface area contributed by atoms with Crippen molar-refractivity contribution in [2.75, 3.05) is 20.8 Å². The zero-order valence-electron chi connectivity index (χ0n) is 30.8. The van der Waals surface area contributed by atoms with Crippen LogP contribution in [0, 0.1) is 10.8 Å². The van der Waals surface area contributed by atoms with Crippen molar-refractivity contribution in [3.8, 4) is 11.4 Å². The molecule has 1 heterocycles. The molecule has 0 aliphatic heterocycles. The van der Waals surface area contributed by atoms with Gasteiger partial charge in [0.1, 0.15) is 17.2 Å². The first-order valence-electron chi connectivity index (χ1n) is 16.6. The number of hydrazine groups is 1. The van der Waals surface area contributed by atoms with Gasteiger partial charge in [-0.25, -0.2) is 14.6 Å². The Hall–Kier alpha value is -5.09. The van der Waals surface area contributed by atoms with E-state index in [1.54, 1.807) is 53.3 Å². The van der Waals surface area contributed by atoms with Crippen LogP contribution in [-0.2, 0) is 39.1 Å². The Balaban J connectivity index is 1.96. The summed E-state index contributed by atoms with van der Waals surface area (Å²) in [6.45, 7) is 10.8. The molecule has 0 aliphatic carbocycles. The van der Waals surface area contributed by atoms with Crippen LogP contribution in [0.3, 0.4) is 0 Å². The molecule has 0 saturated heterocycles. The molecule has 2 aromatic carbocycles. The quantitative estimate of drug-likeness (QED) is 0.106. The molecular formula is C35H52N9O7+. The van der Waals surface area contributed by atoms with Gasteiger partial charge in [0.05, 0.1) is 39.0 Å². The molecule has 4 amide bonds. The van der Waals surface area contributed by atoms with E-state index in [9.17, 15) is 24.3 Å². The number of aliphatic hydroxyl groups is 1. The smallest absolute Gasteiger partial charge is 0.407 e. The highest BCUT2D eigenvalue weighted by molar-refractivity contribution is 5.87. The van der Waals surface area contributed by atoms with Crippen LogP contribution in [0.25, 0.3) is 11.4 Å². The largest absolute Gasteiger partial charge is 0.453 e. The van der Waals surface area contributed by atoms with Crippen molar-refractivity contribution in [1.82, 2.24) is 41.9 Å². The number of nitrogens with zero attached hydrogens (tertiary/aromatic N) is 4. The molecule has 0 spiro atoms. The lowest BCUT2D eigenvalue weighted by Gasteiger charge is -2.35. The maximum Gasteiger partial charge on any atom is 0.407 e. The molecular weight excluding hydrogens is 658 g/mol. The van der Waals surface area contributed by atoms with E-state index in [0.717, 1.165) is 16.7 Å². The van der Waals surface area contributed by atoms with Gasteiger partial charge >= 0.3 is 18.0 Å². The summed E-state index contributed by atoms with van der Waals surface area (Å²) in [6.07, 6.45) is -2.53. The van der Waals surface area contributed by atoms with E-state index >= 15 is 0 Å². The number of methoxy groups -OCH3 is 2. The van der Waals surface area contributed by atoms with Crippen LogP contribution in [0.5, 0.6) is 0 Å². The Kier molecular flexibility index (Phi) is 14.0. The van der Waals surface area contributed by atoms with Gasteiger partial charge in [-0.05, 0) is 40.5 Å². The van der Waals surface area contributed by atoms with E-state index in [0.29, 0.717) is 5.82 Å². The monoisotopic (exact) mass is 710 g/mol.